The molecule has 0 atom stereocenters. The van der Waals surface area contributed by atoms with Crippen molar-refractivity contribution in [1.29, 1.82) is 0 Å². The lowest BCUT2D eigenvalue weighted by atomic mass is 9.85. The zero-order valence-electron chi connectivity index (χ0n) is 13.2. The van der Waals surface area contributed by atoms with E-state index in [-0.39, 0.29) is 0 Å². The summed E-state index contributed by atoms with van der Waals surface area (Å²) in [5.74, 6) is 1.03. The maximum absolute atomic E-state index is 4.59. The first-order valence-corrected chi connectivity index (χ1v) is 7.87. The van der Waals surface area contributed by atoms with Crippen molar-refractivity contribution in [3.63, 3.8) is 0 Å². The maximum Gasteiger partial charge on any atom is 0.147 e. The van der Waals surface area contributed by atoms with E-state index in [2.05, 4.69) is 41.0 Å². The van der Waals surface area contributed by atoms with E-state index in [4.69, 9.17) is 0 Å². The van der Waals surface area contributed by atoms with Gasteiger partial charge in [-0.3, -0.25) is 4.98 Å². The van der Waals surface area contributed by atoms with Crippen LogP contribution in [0.15, 0.2) is 12.4 Å². The van der Waals surface area contributed by atoms with Gasteiger partial charge in [0.2, 0.25) is 0 Å². The molecule has 4 heteroatoms. The van der Waals surface area contributed by atoms with Crippen LogP contribution in [0, 0.1) is 5.41 Å². The highest BCUT2D eigenvalue weighted by Crippen LogP contribution is 2.30. The summed E-state index contributed by atoms with van der Waals surface area (Å²) in [7, 11) is 0. The average molecular weight is 276 g/mol. The Hall–Kier alpha value is -1.16. The Balaban J connectivity index is 1.92. The number of hydrogen-bond donors (Lipinski definition) is 1. The summed E-state index contributed by atoms with van der Waals surface area (Å²) in [4.78, 5) is 11.5. The summed E-state index contributed by atoms with van der Waals surface area (Å²) in [5, 5.41) is 3.36. The van der Waals surface area contributed by atoms with E-state index in [9.17, 15) is 0 Å². The lowest BCUT2D eigenvalue weighted by Crippen LogP contribution is -2.26. The van der Waals surface area contributed by atoms with Gasteiger partial charge in [0.25, 0.3) is 0 Å². The molecule has 1 N–H and O–H groups in total. The van der Waals surface area contributed by atoms with Crippen molar-refractivity contribution in [2.24, 2.45) is 5.41 Å². The molecule has 4 nitrogen and oxygen atoms in total. The number of rotatable bonds is 5. The maximum atomic E-state index is 4.59. The molecule has 0 radical (unpaired) electrons. The van der Waals surface area contributed by atoms with E-state index >= 15 is 0 Å². The van der Waals surface area contributed by atoms with Crippen LogP contribution in [0.3, 0.4) is 0 Å². The van der Waals surface area contributed by atoms with E-state index in [0.29, 0.717) is 5.41 Å². The topological polar surface area (TPSA) is 41.1 Å². The number of nitrogens with one attached hydrogen (secondary N) is 1. The van der Waals surface area contributed by atoms with Crippen molar-refractivity contribution in [3.05, 3.63) is 18.1 Å². The van der Waals surface area contributed by atoms with Gasteiger partial charge < -0.3 is 10.2 Å². The Kier molecular flexibility index (Phi) is 5.35. The fraction of sp³-hybridized carbons (Fsp3) is 0.750. The van der Waals surface area contributed by atoms with Gasteiger partial charge in [-0.15, -0.1) is 0 Å². The minimum atomic E-state index is 0.464. The van der Waals surface area contributed by atoms with Gasteiger partial charge in [0.1, 0.15) is 5.82 Å². The van der Waals surface area contributed by atoms with E-state index in [1.54, 1.807) is 0 Å². The quantitative estimate of drug-likeness (QED) is 0.839. The molecular weight excluding hydrogens is 248 g/mol. The van der Waals surface area contributed by atoms with Gasteiger partial charge in [-0.1, -0.05) is 20.8 Å². The highest BCUT2D eigenvalue weighted by molar-refractivity contribution is 5.36. The number of anilines is 1. The van der Waals surface area contributed by atoms with Crippen LogP contribution in [0.5, 0.6) is 0 Å². The molecule has 0 amide bonds. The minimum Gasteiger partial charge on any atom is -0.355 e. The minimum absolute atomic E-state index is 0.464. The highest BCUT2D eigenvalue weighted by Gasteiger charge is 2.23. The van der Waals surface area contributed by atoms with Gasteiger partial charge in [0, 0.05) is 19.6 Å². The molecule has 1 aromatic rings. The molecule has 0 spiro atoms. The van der Waals surface area contributed by atoms with Gasteiger partial charge in [0.05, 0.1) is 18.1 Å². The molecule has 1 aliphatic heterocycles. The third kappa shape index (κ3) is 4.44. The van der Waals surface area contributed by atoms with Crippen LogP contribution in [0.2, 0.25) is 0 Å². The van der Waals surface area contributed by atoms with Gasteiger partial charge in [-0.05, 0) is 37.6 Å². The smallest absolute Gasteiger partial charge is 0.147 e. The largest absolute Gasteiger partial charge is 0.355 e. The summed E-state index contributed by atoms with van der Waals surface area (Å²) >= 11 is 0. The highest BCUT2D eigenvalue weighted by atomic mass is 15.2. The molecule has 1 fully saturated rings. The zero-order chi connectivity index (χ0) is 14.4. The first kappa shape index (κ1) is 15.2. The summed E-state index contributed by atoms with van der Waals surface area (Å²) in [6.07, 6.45) is 8.77. The zero-order valence-corrected chi connectivity index (χ0v) is 13.2. The molecule has 0 bridgehead atoms. The van der Waals surface area contributed by atoms with Crippen LogP contribution in [-0.2, 0) is 6.54 Å². The Bertz CT molecular complexity index is 399. The third-order valence-corrected chi connectivity index (χ3v) is 4.09. The standard InChI is InChI=1S/C16H28N4/c1-4-8-17-11-14-12-19-15(13-18-14)20-9-5-6-16(2,3)7-10-20/h12-13,17H,4-11H2,1-3H3. The fourth-order valence-electron chi connectivity index (χ4n) is 2.65. The molecule has 2 heterocycles. The van der Waals surface area contributed by atoms with E-state index < -0.39 is 0 Å². The van der Waals surface area contributed by atoms with Crippen LogP contribution >= 0.6 is 0 Å². The number of hydrogen-bond acceptors (Lipinski definition) is 4. The van der Waals surface area contributed by atoms with Crippen molar-refractivity contribution in [3.8, 4) is 0 Å². The molecule has 1 saturated heterocycles. The summed E-state index contributed by atoms with van der Waals surface area (Å²) < 4.78 is 0. The van der Waals surface area contributed by atoms with Crippen LogP contribution in [0.4, 0.5) is 5.82 Å². The number of nitrogens with zero attached hydrogens (tertiary/aromatic N) is 3. The summed E-state index contributed by atoms with van der Waals surface area (Å²) in [5.41, 5.74) is 1.49. The Morgan fingerprint density at radius 1 is 1.20 bits per heavy atom. The van der Waals surface area contributed by atoms with Gasteiger partial charge in [-0.25, -0.2) is 4.98 Å². The first-order chi connectivity index (χ1) is 9.61. The van der Waals surface area contributed by atoms with Gasteiger partial charge in [-0.2, -0.15) is 0 Å². The molecule has 1 aliphatic rings. The molecule has 1 aromatic heterocycles. The van der Waals surface area contributed by atoms with E-state index in [1.807, 2.05) is 12.4 Å². The fourth-order valence-corrected chi connectivity index (χ4v) is 2.65. The Morgan fingerprint density at radius 3 is 2.75 bits per heavy atom. The third-order valence-electron chi connectivity index (χ3n) is 4.09. The van der Waals surface area contributed by atoms with Gasteiger partial charge in [0.15, 0.2) is 0 Å². The van der Waals surface area contributed by atoms with Crippen LogP contribution in [0.1, 0.15) is 52.1 Å². The SMILES string of the molecule is CCCNCc1cnc(N2CCCC(C)(C)CC2)cn1. The average Bonchev–Trinajstić information content (AvgIpc) is 2.61. The summed E-state index contributed by atoms with van der Waals surface area (Å²) in [6, 6.07) is 0. The lowest BCUT2D eigenvalue weighted by molar-refractivity contribution is 0.325. The molecule has 2 rings (SSSR count). The van der Waals surface area contributed by atoms with Crippen LogP contribution in [0.25, 0.3) is 0 Å². The molecular formula is C16H28N4. The Labute approximate surface area is 123 Å². The predicted octanol–water partition coefficient (Wildman–Crippen LogP) is 2.99. The van der Waals surface area contributed by atoms with E-state index in [0.717, 1.165) is 44.1 Å². The second-order valence-corrected chi connectivity index (χ2v) is 6.55. The normalized spacial score (nSPS) is 18.9. The molecule has 0 saturated carbocycles. The summed E-state index contributed by atoms with van der Waals surface area (Å²) in [6.45, 7) is 10.9. The second kappa shape index (κ2) is 7.02. The number of aromatic nitrogens is 2. The van der Waals surface area contributed by atoms with Crippen molar-refractivity contribution in [2.75, 3.05) is 24.5 Å². The van der Waals surface area contributed by atoms with Crippen molar-refractivity contribution in [2.45, 2.75) is 53.0 Å². The predicted molar refractivity (Wildman–Crippen MR) is 83.9 cm³/mol. The molecule has 0 unspecified atom stereocenters. The Morgan fingerprint density at radius 2 is 2.05 bits per heavy atom. The second-order valence-electron chi connectivity index (χ2n) is 6.55. The molecule has 0 aliphatic carbocycles. The van der Waals surface area contributed by atoms with Crippen molar-refractivity contribution in [1.82, 2.24) is 15.3 Å². The van der Waals surface area contributed by atoms with Crippen molar-refractivity contribution < 1.29 is 0 Å². The molecule has 20 heavy (non-hydrogen) atoms. The first-order valence-electron chi connectivity index (χ1n) is 7.87. The molecule has 0 aromatic carbocycles. The van der Waals surface area contributed by atoms with Crippen LogP contribution < -0.4 is 10.2 Å². The van der Waals surface area contributed by atoms with E-state index in [1.165, 1.54) is 19.3 Å². The van der Waals surface area contributed by atoms with Crippen molar-refractivity contribution >= 4 is 5.82 Å². The monoisotopic (exact) mass is 276 g/mol. The molecule has 112 valence electrons. The van der Waals surface area contributed by atoms with Gasteiger partial charge >= 0.3 is 0 Å². The van der Waals surface area contributed by atoms with Crippen LogP contribution in [-0.4, -0.2) is 29.6 Å². The lowest BCUT2D eigenvalue weighted by Gasteiger charge is -2.23.